The molecule has 0 unspecified atom stereocenters. The molecule has 1 amide bonds. The third-order valence-corrected chi connectivity index (χ3v) is 2.52. The maximum Gasteiger partial charge on any atom is 0.331 e. The molecule has 0 saturated carbocycles. The third kappa shape index (κ3) is 2.81. The van der Waals surface area contributed by atoms with Gasteiger partial charge >= 0.3 is 6.03 Å². The second kappa shape index (κ2) is 5.55. The number of benzene rings is 1. The molecular weight excluding hydrogens is 254 g/mol. The average molecular weight is 266 g/mol. The van der Waals surface area contributed by atoms with E-state index in [1.54, 1.807) is 24.4 Å². The van der Waals surface area contributed by atoms with Gasteiger partial charge in [0.1, 0.15) is 12.1 Å². The largest absolute Gasteiger partial charge is 0.492 e. The van der Waals surface area contributed by atoms with E-state index in [0.29, 0.717) is 23.1 Å². The van der Waals surface area contributed by atoms with E-state index in [1.807, 2.05) is 6.92 Å². The zero-order chi connectivity index (χ0) is 13.0. The van der Waals surface area contributed by atoms with Crippen LogP contribution in [0.4, 0.5) is 10.5 Å². The Morgan fingerprint density at radius 3 is 3.00 bits per heavy atom. The van der Waals surface area contributed by atoms with E-state index in [9.17, 15) is 4.79 Å². The minimum Gasteiger partial charge on any atom is -0.492 e. The van der Waals surface area contributed by atoms with Gasteiger partial charge in [0.2, 0.25) is 0 Å². The molecule has 18 heavy (non-hydrogen) atoms. The highest BCUT2D eigenvalue weighted by atomic mass is 35.5. The first-order valence-electron chi connectivity index (χ1n) is 5.42. The Bertz CT molecular complexity index is 540. The lowest BCUT2D eigenvalue weighted by Gasteiger charge is -2.09. The summed E-state index contributed by atoms with van der Waals surface area (Å²) in [6.45, 7) is 2.42. The molecule has 2 aromatic rings. The van der Waals surface area contributed by atoms with E-state index in [1.165, 1.54) is 17.1 Å². The lowest BCUT2D eigenvalue weighted by molar-refractivity contribution is 0.253. The van der Waals surface area contributed by atoms with Crippen molar-refractivity contribution in [2.75, 3.05) is 11.9 Å². The number of carbonyl (C=O) groups is 1. The Morgan fingerprint density at radius 1 is 1.56 bits per heavy atom. The van der Waals surface area contributed by atoms with Crippen molar-refractivity contribution >= 4 is 23.3 Å². The van der Waals surface area contributed by atoms with Crippen LogP contribution in [0.1, 0.15) is 6.92 Å². The number of aromatic nitrogens is 2. The van der Waals surface area contributed by atoms with Gasteiger partial charge < -0.3 is 10.1 Å². The molecular formula is C12H12ClN3O2. The van der Waals surface area contributed by atoms with Crippen LogP contribution in [0.3, 0.4) is 0 Å². The van der Waals surface area contributed by atoms with Gasteiger partial charge in [-0.15, -0.1) is 0 Å². The fraction of sp³-hybridized carbons (Fsp3) is 0.167. The Balaban J connectivity index is 2.11. The van der Waals surface area contributed by atoms with E-state index < -0.39 is 0 Å². The molecule has 1 N–H and O–H groups in total. The smallest absolute Gasteiger partial charge is 0.331 e. The molecule has 2 rings (SSSR count). The van der Waals surface area contributed by atoms with Gasteiger partial charge in [0.15, 0.2) is 0 Å². The molecule has 0 spiro atoms. The highest BCUT2D eigenvalue weighted by Crippen LogP contribution is 2.27. The standard InChI is InChI=1S/C12H12ClN3O2/c1-2-18-11-4-3-9(7-10(11)13)15-12(17)16-6-5-14-8-16/h3-8H,2H2,1H3,(H,15,17). The minimum absolute atomic E-state index is 0.298. The first kappa shape index (κ1) is 12.4. The maximum atomic E-state index is 11.7. The third-order valence-electron chi connectivity index (χ3n) is 2.22. The molecule has 0 aliphatic carbocycles. The molecule has 94 valence electrons. The molecule has 1 aromatic carbocycles. The van der Waals surface area contributed by atoms with Crippen LogP contribution in [-0.4, -0.2) is 22.2 Å². The number of amides is 1. The van der Waals surface area contributed by atoms with Gasteiger partial charge in [-0.05, 0) is 25.1 Å². The van der Waals surface area contributed by atoms with Crippen molar-refractivity contribution in [3.8, 4) is 5.75 Å². The van der Waals surface area contributed by atoms with Gasteiger partial charge in [0.05, 0.1) is 11.6 Å². The van der Waals surface area contributed by atoms with Crippen LogP contribution in [0.5, 0.6) is 5.75 Å². The molecule has 5 nitrogen and oxygen atoms in total. The van der Waals surface area contributed by atoms with E-state index >= 15 is 0 Å². The number of nitrogens with one attached hydrogen (secondary N) is 1. The molecule has 0 aliphatic rings. The van der Waals surface area contributed by atoms with Gasteiger partial charge in [-0.1, -0.05) is 11.6 Å². The van der Waals surface area contributed by atoms with Crippen molar-refractivity contribution in [1.82, 2.24) is 9.55 Å². The normalized spacial score (nSPS) is 10.1. The lowest BCUT2D eigenvalue weighted by atomic mass is 10.3. The molecule has 0 aliphatic heterocycles. The Kier molecular flexibility index (Phi) is 3.84. The summed E-state index contributed by atoms with van der Waals surface area (Å²) in [5.41, 5.74) is 0.599. The Morgan fingerprint density at radius 2 is 2.39 bits per heavy atom. The average Bonchev–Trinajstić information content (AvgIpc) is 2.86. The molecule has 0 saturated heterocycles. The summed E-state index contributed by atoms with van der Waals surface area (Å²) < 4.78 is 6.65. The molecule has 0 bridgehead atoms. The van der Waals surface area contributed by atoms with Crippen LogP contribution >= 0.6 is 11.6 Å². The van der Waals surface area contributed by atoms with Crippen LogP contribution in [0.2, 0.25) is 5.02 Å². The Labute approximate surface area is 109 Å². The van der Waals surface area contributed by atoms with Gasteiger partial charge in [-0.25, -0.2) is 9.78 Å². The number of nitrogens with zero attached hydrogens (tertiary/aromatic N) is 2. The summed E-state index contributed by atoms with van der Waals surface area (Å²) in [5.74, 6) is 0.597. The second-order valence-corrected chi connectivity index (χ2v) is 3.89. The highest BCUT2D eigenvalue weighted by molar-refractivity contribution is 6.32. The zero-order valence-electron chi connectivity index (χ0n) is 9.76. The second-order valence-electron chi connectivity index (χ2n) is 3.48. The van der Waals surface area contributed by atoms with Crippen molar-refractivity contribution < 1.29 is 9.53 Å². The van der Waals surface area contributed by atoms with Crippen molar-refractivity contribution in [2.45, 2.75) is 6.92 Å². The zero-order valence-corrected chi connectivity index (χ0v) is 10.5. The first-order valence-corrected chi connectivity index (χ1v) is 5.80. The molecule has 0 fully saturated rings. The number of ether oxygens (including phenoxy) is 1. The van der Waals surface area contributed by atoms with E-state index in [0.717, 1.165) is 0 Å². The molecule has 1 heterocycles. The fourth-order valence-corrected chi connectivity index (χ4v) is 1.65. The summed E-state index contributed by atoms with van der Waals surface area (Å²) in [6.07, 6.45) is 4.52. The topological polar surface area (TPSA) is 56.1 Å². The lowest BCUT2D eigenvalue weighted by Crippen LogP contribution is -2.17. The molecule has 0 atom stereocenters. The monoisotopic (exact) mass is 265 g/mol. The number of hydrogen-bond acceptors (Lipinski definition) is 3. The number of carbonyl (C=O) groups excluding carboxylic acids is 1. The SMILES string of the molecule is CCOc1ccc(NC(=O)n2ccnc2)cc1Cl. The quantitative estimate of drug-likeness (QED) is 0.928. The van der Waals surface area contributed by atoms with Crippen LogP contribution in [0, 0.1) is 0 Å². The summed E-state index contributed by atoms with van der Waals surface area (Å²) in [7, 11) is 0. The Hall–Kier alpha value is -2.01. The van der Waals surface area contributed by atoms with E-state index in [4.69, 9.17) is 16.3 Å². The number of rotatable bonds is 3. The van der Waals surface area contributed by atoms with E-state index in [2.05, 4.69) is 10.3 Å². The molecule has 6 heteroatoms. The van der Waals surface area contributed by atoms with Crippen LogP contribution in [0.15, 0.2) is 36.9 Å². The van der Waals surface area contributed by atoms with Crippen molar-refractivity contribution in [3.05, 3.63) is 41.9 Å². The van der Waals surface area contributed by atoms with Crippen molar-refractivity contribution in [3.63, 3.8) is 0 Å². The van der Waals surface area contributed by atoms with Crippen LogP contribution in [0.25, 0.3) is 0 Å². The van der Waals surface area contributed by atoms with Crippen molar-refractivity contribution in [1.29, 1.82) is 0 Å². The summed E-state index contributed by atoms with van der Waals surface area (Å²) in [6, 6.07) is 4.79. The van der Waals surface area contributed by atoms with Gasteiger partial charge in [0, 0.05) is 18.1 Å². The van der Waals surface area contributed by atoms with Crippen LogP contribution in [-0.2, 0) is 0 Å². The fourth-order valence-electron chi connectivity index (χ4n) is 1.42. The van der Waals surface area contributed by atoms with Crippen molar-refractivity contribution in [2.24, 2.45) is 0 Å². The number of imidazole rings is 1. The number of anilines is 1. The van der Waals surface area contributed by atoms with Gasteiger partial charge in [-0.2, -0.15) is 0 Å². The molecule has 1 aromatic heterocycles. The summed E-state index contributed by atoms with van der Waals surface area (Å²) >= 11 is 6.02. The van der Waals surface area contributed by atoms with E-state index in [-0.39, 0.29) is 6.03 Å². The summed E-state index contributed by atoms with van der Waals surface area (Å²) in [5, 5.41) is 3.16. The van der Waals surface area contributed by atoms with Crippen LogP contribution < -0.4 is 10.1 Å². The van der Waals surface area contributed by atoms with Gasteiger partial charge in [0.25, 0.3) is 0 Å². The minimum atomic E-state index is -0.298. The predicted octanol–water partition coefficient (Wildman–Crippen LogP) is 3.02. The summed E-state index contributed by atoms with van der Waals surface area (Å²) in [4.78, 5) is 15.5. The predicted molar refractivity (Wildman–Crippen MR) is 69.3 cm³/mol. The molecule has 0 radical (unpaired) electrons. The van der Waals surface area contributed by atoms with Gasteiger partial charge in [-0.3, -0.25) is 4.57 Å². The highest BCUT2D eigenvalue weighted by Gasteiger charge is 2.06. The maximum absolute atomic E-state index is 11.7. The first-order chi connectivity index (χ1) is 8.70. The number of halogens is 1. The number of hydrogen-bond donors (Lipinski definition) is 1.